The molecule has 3 fully saturated rings. The van der Waals surface area contributed by atoms with E-state index in [-0.39, 0.29) is 47.4 Å². The second kappa shape index (κ2) is 9.56. The molecule has 0 spiro atoms. The summed E-state index contributed by atoms with van der Waals surface area (Å²) < 4.78 is 5.43. The van der Waals surface area contributed by atoms with Crippen LogP contribution in [0.5, 0.6) is 5.75 Å². The first-order valence-electron chi connectivity index (χ1n) is 12.8. The molecule has 0 radical (unpaired) electrons. The Morgan fingerprint density at radius 3 is 2.78 bits per heavy atom. The fraction of sp³-hybridized carbons (Fsp3) is 0.556. The van der Waals surface area contributed by atoms with E-state index in [1.165, 1.54) is 0 Å². The van der Waals surface area contributed by atoms with E-state index in [1.54, 1.807) is 30.2 Å². The fourth-order valence-corrected chi connectivity index (χ4v) is 6.74. The first kappa shape index (κ1) is 25.4. The van der Waals surface area contributed by atoms with Crippen LogP contribution in [0.15, 0.2) is 18.2 Å². The SMILES string of the molecule is COc1cc(Cl)cc2[nH]c(C(=O)N3C[C@@H]4CCC[C@@H]4[C@H]3C(=O)N[C@H](C#N)CC3CC(C)(C)NC3=O)cc12. The topological polar surface area (TPSA) is 127 Å². The largest absolute Gasteiger partial charge is 0.496 e. The number of nitriles is 1. The number of hydrogen-bond acceptors (Lipinski definition) is 5. The number of likely N-dealkylation sites (tertiary alicyclic amines) is 1. The Kier molecular flexibility index (Phi) is 6.57. The molecule has 1 aromatic heterocycles. The lowest BCUT2D eigenvalue weighted by atomic mass is 9.91. The van der Waals surface area contributed by atoms with Gasteiger partial charge in [-0.05, 0) is 69.6 Å². The molecule has 5 rings (SSSR count). The van der Waals surface area contributed by atoms with Crippen LogP contribution in [0.2, 0.25) is 5.02 Å². The molecule has 3 aliphatic rings. The van der Waals surface area contributed by atoms with Crippen molar-refractivity contribution in [1.29, 1.82) is 5.26 Å². The van der Waals surface area contributed by atoms with Crippen LogP contribution in [0.3, 0.4) is 0 Å². The minimum Gasteiger partial charge on any atom is -0.496 e. The van der Waals surface area contributed by atoms with Crippen LogP contribution in [-0.2, 0) is 9.59 Å². The number of amides is 3. The van der Waals surface area contributed by atoms with Gasteiger partial charge in [-0.1, -0.05) is 18.0 Å². The van der Waals surface area contributed by atoms with Crippen LogP contribution >= 0.6 is 11.6 Å². The van der Waals surface area contributed by atoms with Crippen LogP contribution in [0.4, 0.5) is 0 Å². The Bertz CT molecular complexity index is 1300. The van der Waals surface area contributed by atoms with Crippen molar-refractivity contribution in [2.24, 2.45) is 17.8 Å². The number of H-pyrrole nitrogens is 1. The Morgan fingerprint density at radius 1 is 1.32 bits per heavy atom. The molecule has 1 aromatic carbocycles. The lowest BCUT2D eigenvalue weighted by Gasteiger charge is -2.28. The summed E-state index contributed by atoms with van der Waals surface area (Å²) in [5, 5.41) is 16.8. The Balaban J connectivity index is 1.37. The van der Waals surface area contributed by atoms with Gasteiger partial charge >= 0.3 is 0 Å². The highest BCUT2D eigenvalue weighted by atomic mass is 35.5. The highest BCUT2D eigenvalue weighted by Crippen LogP contribution is 2.43. The number of benzene rings is 1. The Hall–Kier alpha value is -3.25. The quantitative estimate of drug-likeness (QED) is 0.532. The molecule has 1 aliphatic carbocycles. The first-order chi connectivity index (χ1) is 17.6. The van der Waals surface area contributed by atoms with Gasteiger partial charge in [-0.15, -0.1) is 0 Å². The van der Waals surface area contributed by atoms with E-state index in [9.17, 15) is 19.6 Å². The van der Waals surface area contributed by atoms with Gasteiger partial charge in [0.05, 0.1) is 18.7 Å². The number of halogens is 1. The molecule has 2 saturated heterocycles. The zero-order chi connectivity index (χ0) is 26.5. The number of carbonyl (C=O) groups excluding carboxylic acids is 3. The molecule has 196 valence electrons. The summed E-state index contributed by atoms with van der Waals surface area (Å²) in [7, 11) is 1.55. The van der Waals surface area contributed by atoms with Crippen LogP contribution in [0.1, 0.15) is 56.4 Å². The summed E-state index contributed by atoms with van der Waals surface area (Å²) in [5.41, 5.74) is 0.703. The van der Waals surface area contributed by atoms with Crippen molar-refractivity contribution in [3.8, 4) is 11.8 Å². The first-order valence-corrected chi connectivity index (χ1v) is 13.2. The molecule has 37 heavy (non-hydrogen) atoms. The number of carbonyl (C=O) groups is 3. The van der Waals surface area contributed by atoms with Crippen molar-refractivity contribution >= 4 is 40.2 Å². The van der Waals surface area contributed by atoms with Gasteiger partial charge in [0, 0.05) is 28.4 Å². The minimum atomic E-state index is -0.811. The molecule has 2 aromatic rings. The van der Waals surface area contributed by atoms with Gasteiger partial charge in [0.1, 0.15) is 23.5 Å². The van der Waals surface area contributed by atoms with Gasteiger partial charge in [0.2, 0.25) is 11.8 Å². The van der Waals surface area contributed by atoms with Gasteiger partial charge < -0.3 is 25.3 Å². The molecule has 3 heterocycles. The fourth-order valence-electron chi connectivity index (χ4n) is 6.53. The van der Waals surface area contributed by atoms with Crippen molar-refractivity contribution in [2.75, 3.05) is 13.7 Å². The van der Waals surface area contributed by atoms with Crippen LogP contribution in [0.25, 0.3) is 10.9 Å². The molecular weight excluding hydrogens is 494 g/mol. The third kappa shape index (κ3) is 4.75. The Morgan fingerprint density at radius 2 is 2.11 bits per heavy atom. The summed E-state index contributed by atoms with van der Waals surface area (Å²) in [5.74, 6) is -0.184. The maximum atomic E-state index is 13.7. The molecule has 10 heteroatoms. The number of hydrogen-bond donors (Lipinski definition) is 3. The highest BCUT2D eigenvalue weighted by Gasteiger charge is 2.50. The molecule has 3 amide bonds. The predicted molar refractivity (Wildman–Crippen MR) is 138 cm³/mol. The van der Waals surface area contributed by atoms with E-state index >= 15 is 0 Å². The van der Waals surface area contributed by atoms with E-state index < -0.39 is 12.1 Å². The average Bonchev–Trinajstić information content (AvgIpc) is 3.59. The van der Waals surface area contributed by atoms with Crippen molar-refractivity contribution in [3.05, 3.63) is 28.9 Å². The van der Waals surface area contributed by atoms with E-state index in [0.29, 0.717) is 34.9 Å². The van der Waals surface area contributed by atoms with E-state index in [2.05, 4.69) is 21.7 Å². The standard InChI is InChI=1S/C27H32ClN5O4/c1-27(2)11-15(24(34)32-27)7-17(12-29)30-25(35)23-18-6-4-5-14(18)13-33(23)26(36)21-10-19-20(31-21)8-16(28)9-22(19)37-3/h8-10,14-15,17-18,23,31H,4-7,11,13H2,1-3H3,(H,30,35)(H,32,34)/t14-,15?,17-,18-,23-/m0/s1. The average molecular weight is 526 g/mol. The van der Waals surface area contributed by atoms with Crippen molar-refractivity contribution in [3.63, 3.8) is 0 Å². The maximum Gasteiger partial charge on any atom is 0.271 e. The Labute approximate surface area is 220 Å². The van der Waals surface area contributed by atoms with Gasteiger partial charge in [0.15, 0.2) is 0 Å². The van der Waals surface area contributed by atoms with E-state index in [1.807, 2.05) is 13.8 Å². The third-order valence-electron chi connectivity index (χ3n) is 8.12. The van der Waals surface area contributed by atoms with E-state index in [4.69, 9.17) is 16.3 Å². The molecule has 3 N–H and O–H groups in total. The number of nitrogens with one attached hydrogen (secondary N) is 3. The normalized spacial score (nSPS) is 27.0. The second-order valence-corrected chi connectivity index (χ2v) is 11.6. The van der Waals surface area contributed by atoms with Crippen LogP contribution in [-0.4, -0.2) is 58.9 Å². The van der Waals surface area contributed by atoms with Crippen LogP contribution < -0.4 is 15.4 Å². The summed E-state index contributed by atoms with van der Waals surface area (Å²) in [4.78, 5) is 44.5. The van der Waals surface area contributed by atoms with Crippen molar-refractivity contribution < 1.29 is 19.1 Å². The number of ether oxygens (including phenoxy) is 1. The molecule has 2 aliphatic heterocycles. The third-order valence-corrected chi connectivity index (χ3v) is 8.33. The maximum absolute atomic E-state index is 13.7. The summed E-state index contributed by atoms with van der Waals surface area (Å²) in [6.07, 6.45) is 3.69. The predicted octanol–water partition coefficient (Wildman–Crippen LogP) is 3.38. The van der Waals surface area contributed by atoms with Gasteiger partial charge in [-0.3, -0.25) is 14.4 Å². The highest BCUT2D eigenvalue weighted by molar-refractivity contribution is 6.31. The number of aromatic nitrogens is 1. The molecule has 9 nitrogen and oxygen atoms in total. The number of methoxy groups -OCH3 is 1. The lowest BCUT2D eigenvalue weighted by Crippen LogP contribution is -2.51. The van der Waals surface area contributed by atoms with E-state index in [0.717, 1.165) is 24.6 Å². The molecular formula is C27H32ClN5O4. The van der Waals surface area contributed by atoms with Gasteiger partial charge in [-0.25, -0.2) is 0 Å². The smallest absolute Gasteiger partial charge is 0.271 e. The number of aromatic amines is 1. The van der Waals surface area contributed by atoms with Gasteiger partial charge in [0.25, 0.3) is 5.91 Å². The van der Waals surface area contributed by atoms with Crippen molar-refractivity contribution in [1.82, 2.24) is 20.5 Å². The number of rotatable bonds is 6. The molecule has 1 unspecified atom stereocenters. The zero-order valence-electron chi connectivity index (χ0n) is 21.3. The summed E-state index contributed by atoms with van der Waals surface area (Å²) >= 11 is 6.20. The molecule has 5 atom stereocenters. The van der Waals surface area contributed by atoms with Gasteiger partial charge in [-0.2, -0.15) is 5.26 Å². The van der Waals surface area contributed by atoms with Crippen LogP contribution in [0, 0.1) is 29.1 Å². The zero-order valence-corrected chi connectivity index (χ0v) is 22.0. The van der Waals surface area contributed by atoms with Crippen molar-refractivity contribution in [2.45, 2.75) is 63.6 Å². The minimum absolute atomic E-state index is 0.0466. The summed E-state index contributed by atoms with van der Waals surface area (Å²) in [6, 6.07) is 5.83. The second-order valence-electron chi connectivity index (χ2n) is 11.2. The lowest BCUT2D eigenvalue weighted by molar-refractivity contribution is -0.127. The summed E-state index contributed by atoms with van der Waals surface area (Å²) in [6.45, 7) is 4.38. The number of nitrogens with zero attached hydrogens (tertiary/aromatic N) is 2. The number of fused-ring (bicyclic) bond motifs is 2. The molecule has 1 saturated carbocycles. The molecule has 0 bridgehead atoms. The monoisotopic (exact) mass is 525 g/mol.